The van der Waals surface area contributed by atoms with Crippen molar-refractivity contribution in [2.24, 2.45) is 0 Å². The number of rotatable bonds is 4. The lowest BCUT2D eigenvalue weighted by atomic mass is 10.2. The van der Waals surface area contributed by atoms with Crippen molar-refractivity contribution < 1.29 is 13.9 Å². The van der Waals surface area contributed by atoms with E-state index >= 15 is 0 Å². The van der Waals surface area contributed by atoms with Gasteiger partial charge in [0, 0.05) is 6.07 Å². The number of halogens is 1. The van der Waals surface area contributed by atoms with E-state index in [1.807, 2.05) is 36.4 Å². The van der Waals surface area contributed by atoms with Crippen molar-refractivity contribution in [2.75, 3.05) is 6.61 Å². The predicted molar refractivity (Wildman–Crippen MR) is 116 cm³/mol. The third-order valence-corrected chi connectivity index (χ3v) is 5.44. The van der Waals surface area contributed by atoms with E-state index in [2.05, 4.69) is 20.9 Å². The van der Waals surface area contributed by atoms with Crippen molar-refractivity contribution in [3.05, 3.63) is 84.4 Å². The van der Waals surface area contributed by atoms with Gasteiger partial charge in [-0.2, -0.15) is 0 Å². The summed E-state index contributed by atoms with van der Waals surface area (Å²) in [7, 11) is 0. The number of ether oxygens (including phenoxy) is 2. The maximum absolute atomic E-state index is 13.1. The SMILES string of the molecule is Fc1ccc(-n2cc(COc3ccc4c(c3)OCCn3c-4nc4ccccc43)nn2)cc1. The minimum absolute atomic E-state index is 0.249. The smallest absolute Gasteiger partial charge is 0.145 e. The summed E-state index contributed by atoms with van der Waals surface area (Å²) in [5.74, 6) is 2.02. The van der Waals surface area contributed by atoms with E-state index in [0.717, 1.165) is 40.4 Å². The molecule has 0 N–H and O–H groups in total. The molecule has 3 heterocycles. The molecule has 0 radical (unpaired) electrons. The van der Waals surface area contributed by atoms with Crippen LogP contribution in [0, 0.1) is 5.82 Å². The van der Waals surface area contributed by atoms with Crippen LogP contribution in [0.4, 0.5) is 4.39 Å². The Morgan fingerprint density at radius 3 is 2.81 bits per heavy atom. The lowest BCUT2D eigenvalue weighted by Gasteiger charge is -2.09. The number of para-hydroxylation sites is 2. The van der Waals surface area contributed by atoms with Crippen molar-refractivity contribution in [1.29, 1.82) is 0 Å². The molecule has 6 rings (SSSR count). The van der Waals surface area contributed by atoms with Gasteiger partial charge < -0.3 is 14.0 Å². The quantitative estimate of drug-likeness (QED) is 0.426. The summed E-state index contributed by atoms with van der Waals surface area (Å²) in [6.07, 6.45) is 1.76. The van der Waals surface area contributed by atoms with E-state index in [0.29, 0.717) is 18.1 Å². The van der Waals surface area contributed by atoms with Gasteiger partial charge in [-0.1, -0.05) is 17.3 Å². The van der Waals surface area contributed by atoms with Gasteiger partial charge in [-0.05, 0) is 48.5 Å². The Hall–Kier alpha value is -4.20. The zero-order valence-electron chi connectivity index (χ0n) is 17.0. The normalized spacial score (nSPS) is 12.7. The predicted octanol–water partition coefficient (Wildman–Crippen LogP) is 4.39. The van der Waals surface area contributed by atoms with Crippen LogP contribution in [0.25, 0.3) is 28.1 Å². The molecule has 0 unspecified atom stereocenters. The fourth-order valence-electron chi connectivity index (χ4n) is 3.89. The highest BCUT2D eigenvalue weighted by Gasteiger charge is 2.20. The number of fused-ring (bicyclic) bond motifs is 5. The monoisotopic (exact) mass is 427 g/mol. The molecule has 0 atom stereocenters. The van der Waals surface area contributed by atoms with Crippen molar-refractivity contribution in [1.82, 2.24) is 24.5 Å². The van der Waals surface area contributed by atoms with Gasteiger partial charge in [-0.25, -0.2) is 14.1 Å². The summed E-state index contributed by atoms with van der Waals surface area (Å²) in [5, 5.41) is 8.22. The number of hydrogen-bond donors (Lipinski definition) is 0. The molecule has 32 heavy (non-hydrogen) atoms. The molecule has 2 aromatic heterocycles. The Bertz CT molecular complexity index is 1420. The minimum Gasteiger partial charge on any atom is -0.491 e. The Morgan fingerprint density at radius 1 is 1.03 bits per heavy atom. The van der Waals surface area contributed by atoms with Gasteiger partial charge in [-0.15, -0.1) is 5.10 Å². The Kier molecular flexibility index (Phi) is 4.34. The van der Waals surface area contributed by atoms with Crippen LogP contribution in [-0.2, 0) is 13.2 Å². The molecule has 7 nitrogen and oxygen atoms in total. The molecule has 0 amide bonds. The number of hydrogen-bond acceptors (Lipinski definition) is 5. The van der Waals surface area contributed by atoms with Crippen molar-refractivity contribution in [3.8, 4) is 28.6 Å². The van der Waals surface area contributed by atoms with E-state index in [-0.39, 0.29) is 12.4 Å². The molecule has 1 aliphatic heterocycles. The molecular formula is C24H18FN5O2. The van der Waals surface area contributed by atoms with Crippen LogP contribution in [0.1, 0.15) is 5.69 Å². The summed E-state index contributed by atoms with van der Waals surface area (Å²) < 4.78 is 28.8. The molecule has 3 aromatic carbocycles. The van der Waals surface area contributed by atoms with Crippen LogP contribution < -0.4 is 9.47 Å². The van der Waals surface area contributed by atoms with E-state index in [9.17, 15) is 4.39 Å². The van der Waals surface area contributed by atoms with E-state index in [1.165, 1.54) is 12.1 Å². The lowest BCUT2D eigenvalue weighted by molar-refractivity contribution is 0.289. The van der Waals surface area contributed by atoms with Gasteiger partial charge in [-0.3, -0.25) is 0 Å². The first kappa shape index (κ1) is 18.6. The second-order valence-corrected chi connectivity index (χ2v) is 7.50. The van der Waals surface area contributed by atoms with Crippen molar-refractivity contribution >= 4 is 11.0 Å². The van der Waals surface area contributed by atoms with Gasteiger partial charge in [0.15, 0.2) is 0 Å². The average Bonchev–Trinajstić information content (AvgIpc) is 3.39. The topological polar surface area (TPSA) is 67.0 Å². The average molecular weight is 427 g/mol. The van der Waals surface area contributed by atoms with Gasteiger partial charge in [0.25, 0.3) is 0 Å². The number of imidazole rings is 1. The summed E-state index contributed by atoms with van der Waals surface area (Å²) >= 11 is 0. The van der Waals surface area contributed by atoms with Crippen LogP contribution >= 0.6 is 0 Å². The third-order valence-electron chi connectivity index (χ3n) is 5.44. The highest BCUT2D eigenvalue weighted by Crippen LogP contribution is 2.36. The zero-order chi connectivity index (χ0) is 21.5. The first-order valence-corrected chi connectivity index (χ1v) is 10.3. The molecule has 8 heteroatoms. The summed E-state index contributed by atoms with van der Waals surface area (Å²) in [6, 6.07) is 19.9. The second kappa shape index (κ2) is 7.49. The third kappa shape index (κ3) is 3.26. The number of nitrogens with zero attached hydrogens (tertiary/aromatic N) is 5. The standard InChI is InChI=1S/C24H18FN5O2/c25-16-5-7-18(8-6-16)30-14-17(27-28-30)15-32-19-9-10-20-23(13-19)31-12-11-29-22-4-2-1-3-21(22)26-24(20)29/h1-10,13-14H,11-12,15H2. The molecule has 5 aromatic rings. The second-order valence-electron chi connectivity index (χ2n) is 7.50. The molecule has 158 valence electrons. The molecule has 0 fully saturated rings. The van der Waals surface area contributed by atoms with Gasteiger partial charge in [0.2, 0.25) is 0 Å². The molecule has 0 aliphatic carbocycles. The first-order chi connectivity index (χ1) is 15.7. The minimum atomic E-state index is -0.293. The lowest BCUT2D eigenvalue weighted by Crippen LogP contribution is -2.05. The fraction of sp³-hybridized carbons (Fsp3) is 0.125. The zero-order valence-corrected chi connectivity index (χ0v) is 17.0. The van der Waals surface area contributed by atoms with Crippen LogP contribution in [0.3, 0.4) is 0 Å². The van der Waals surface area contributed by atoms with Crippen LogP contribution in [0.5, 0.6) is 11.5 Å². The van der Waals surface area contributed by atoms with Gasteiger partial charge in [0.05, 0.1) is 35.0 Å². The highest BCUT2D eigenvalue weighted by molar-refractivity contribution is 5.82. The number of benzene rings is 3. The first-order valence-electron chi connectivity index (χ1n) is 10.3. The Labute approximate surface area is 182 Å². The largest absolute Gasteiger partial charge is 0.491 e. The van der Waals surface area contributed by atoms with Crippen molar-refractivity contribution in [3.63, 3.8) is 0 Å². The van der Waals surface area contributed by atoms with Crippen LogP contribution in [-0.4, -0.2) is 31.2 Å². The van der Waals surface area contributed by atoms with Crippen LogP contribution in [0.2, 0.25) is 0 Å². The van der Waals surface area contributed by atoms with Crippen molar-refractivity contribution in [2.45, 2.75) is 13.2 Å². The molecule has 0 saturated heterocycles. The molecule has 1 aliphatic rings. The van der Waals surface area contributed by atoms with E-state index in [1.54, 1.807) is 23.0 Å². The molecule has 0 saturated carbocycles. The van der Waals surface area contributed by atoms with Crippen LogP contribution in [0.15, 0.2) is 72.9 Å². The maximum atomic E-state index is 13.1. The maximum Gasteiger partial charge on any atom is 0.145 e. The Morgan fingerprint density at radius 2 is 1.91 bits per heavy atom. The molecule has 0 spiro atoms. The molecular weight excluding hydrogens is 409 g/mol. The molecule has 0 bridgehead atoms. The Balaban J connectivity index is 1.23. The summed E-state index contributed by atoms with van der Waals surface area (Å²) in [5.41, 5.74) is 4.40. The van der Waals surface area contributed by atoms with E-state index in [4.69, 9.17) is 14.5 Å². The highest BCUT2D eigenvalue weighted by atomic mass is 19.1. The summed E-state index contributed by atoms with van der Waals surface area (Å²) in [6.45, 7) is 1.53. The van der Waals surface area contributed by atoms with Gasteiger partial charge in [0.1, 0.15) is 42.0 Å². The van der Waals surface area contributed by atoms with Gasteiger partial charge >= 0.3 is 0 Å². The fourth-order valence-corrected chi connectivity index (χ4v) is 3.89. The summed E-state index contributed by atoms with van der Waals surface area (Å²) in [4.78, 5) is 4.81. The number of aromatic nitrogens is 5. The van der Waals surface area contributed by atoms with E-state index < -0.39 is 0 Å².